The minimum absolute atomic E-state index is 0.104. The van der Waals surface area contributed by atoms with Crippen LogP contribution in [0.3, 0.4) is 0 Å². The van der Waals surface area contributed by atoms with Crippen LogP contribution in [0.4, 0.5) is 4.39 Å². The molecule has 0 saturated heterocycles. The van der Waals surface area contributed by atoms with Crippen molar-refractivity contribution in [1.29, 1.82) is 0 Å². The van der Waals surface area contributed by atoms with E-state index in [9.17, 15) is 14.0 Å². The van der Waals surface area contributed by atoms with Crippen LogP contribution in [0, 0.1) is 19.7 Å². The Morgan fingerprint density at radius 1 is 1.00 bits per heavy atom. The molecule has 0 bridgehead atoms. The molecule has 6 heteroatoms. The Labute approximate surface area is 148 Å². The van der Waals surface area contributed by atoms with Gasteiger partial charge in [-0.3, -0.25) is 14.2 Å². The molecule has 0 spiro atoms. The van der Waals surface area contributed by atoms with Crippen LogP contribution in [0.5, 0.6) is 0 Å². The number of aryl methyl sites for hydroxylation is 2. The van der Waals surface area contributed by atoms with Crippen molar-refractivity contribution in [2.75, 3.05) is 0 Å². The number of aromatic nitrogens is 2. The van der Waals surface area contributed by atoms with Gasteiger partial charge in [-0.2, -0.15) is 0 Å². The Hall–Kier alpha value is -2.66. The minimum atomic E-state index is -0.736. The molecule has 0 fully saturated rings. The van der Waals surface area contributed by atoms with Crippen molar-refractivity contribution in [3.05, 3.63) is 97.0 Å². The topological polar surface area (TPSA) is 44.0 Å². The lowest BCUT2D eigenvalue weighted by atomic mass is 10.1. The summed E-state index contributed by atoms with van der Waals surface area (Å²) < 4.78 is 16.4. The first-order valence-corrected chi connectivity index (χ1v) is 8.09. The summed E-state index contributed by atoms with van der Waals surface area (Å²) >= 11 is 5.99. The van der Waals surface area contributed by atoms with Gasteiger partial charge in [0.05, 0.1) is 6.54 Å². The molecular formula is C19H16ClFN2O2. The SMILES string of the molecule is Cc1ccc(-n2ccn(Cc3c(F)cccc3Cl)c(=O)c2=O)cc1C. The van der Waals surface area contributed by atoms with Crippen LogP contribution in [-0.2, 0) is 6.54 Å². The molecule has 4 nitrogen and oxygen atoms in total. The van der Waals surface area contributed by atoms with E-state index in [0.29, 0.717) is 5.69 Å². The molecular weight excluding hydrogens is 343 g/mol. The smallest absolute Gasteiger partial charge is 0.305 e. The quantitative estimate of drug-likeness (QED) is 0.673. The molecule has 0 aliphatic carbocycles. The lowest BCUT2D eigenvalue weighted by Crippen LogP contribution is -2.40. The third-order valence-electron chi connectivity index (χ3n) is 4.22. The molecule has 0 amide bonds. The zero-order chi connectivity index (χ0) is 18.1. The second-order valence-corrected chi connectivity index (χ2v) is 6.28. The van der Waals surface area contributed by atoms with Gasteiger partial charge in [-0.05, 0) is 49.2 Å². The average Bonchev–Trinajstić information content (AvgIpc) is 2.58. The van der Waals surface area contributed by atoms with Gasteiger partial charge < -0.3 is 4.57 Å². The van der Waals surface area contributed by atoms with E-state index >= 15 is 0 Å². The highest BCUT2D eigenvalue weighted by molar-refractivity contribution is 6.31. The van der Waals surface area contributed by atoms with E-state index in [-0.39, 0.29) is 17.1 Å². The molecule has 0 radical (unpaired) electrons. The third kappa shape index (κ3) is 3.28. The van der Waals surface area contributed by atoms with E-state index in [2.05, 4.69) is 0 Å². The maximum Gasteiger partial charge on any atom is 0.320 e. The summed E-state index contributed by atoms with van der Waals surface area (Å²) in [5, 5.41) is 0.213. The van der Waals surface area contributed by atoms with Crippen molar-refractivity contribution in [1.82, 2.24) is 9.13 Å². The van der Waals surface area contributed by atoms with Crippen LogP contribution in [0.25, 0.3) is 5.69 Å². The lowest BCUT2D eigenvalue weighted by Gasteiger charge is -2.11. The van der Waals surface area contributed by atoms with Gasteiger partial charge >= 0.3 is 11.1 Å². The first-order chi connectivity index (χ1) is 11.9. The summed E-state index contributed by atoms with van der Waals surface area (Å²) in [6.45, 7) is 3.80. The van der Waals surface area contributed by atoms with Crippen LogP contribution in [0.2, 0.25) is 5.02 Å². The largest absolute Gasteiger partial charge is 0.320 e. The van der Waals surface area contributed by atoms with Gasteiger partial charge in [0.25, 0.3) is 0 Å². The van der Waals surface area contributed by atoms with Crippen LogP contribution in [0.15, 0.2) is 58.4 Å². The molecule has 0 aliphatic rings. The molecule has 128 valence electrons. The molecule has 0 atom stereocenters. The van der Waals surface area contributed by atoms with Crippen molar-refractivity contribution in [2.45, 2.75) is 20.4 Å². The number of nitrogens with zero attached hydrogens (tertiary/aromatic N) is 2. The van der Waals surface area contributed by atoms with Crippen molar-refractivity contribution in [2.24, 2.45) is 0 Å². The predicted molar refractivity (Wildman–Crippen MR) is 96.3 cm³/mol. The van der Waals surface area contributed by atoms with E-state index in [1.54, 1.807) is 12.1 Å². The number of hydrogen-bond acceptors (Lipinski definition) is 2. The molecule has 1 heterocycles. The summed E-state index contributed by atoms with van der Waals surface area (Å²) in [5.74, 6) is -0.516. The van der Waals surface area contributed by atoms with E-state index in [0.717, 1.165) is 15.7 Å². The van der Waals surface area contributed by atoms with Crippen molar-refractivity contribution in [3.63, 3.8) is 0 Å². The number of rotatable bonds is 3. The highest BCUT2D eigenvalue weighted by atomic mass is 35.5. The van der Waals surface area contributed by atoms with Crippen LogP contribution >= 0.6 is 11.6 Å². The number of hydrogen-bond donors (Lipinski definition) is 0. The van der Waals surface area contributed by atoms with Gasteiger partial charge in [-0.1, -0.05) is 23.7 Å². The zero-order valence-electron chi connectivity index (χ0n) is 13.8. The molecule has 3 aromatic rings. The Bertz CT molecular complexity index is 1050. The van der Waals surface area contributed by atoms with E-state index in [4.69, 9.17) is 11.6 Å². The fourth-order valence-electron chi connectivity index (χ4n) is 2.57. The van der Waals surface area contributed by atoms with Gasteiger partial charge in [0.2, 0.25) is 0 Å². The second-order valence-electron chi connectivity index (χ2n) is 5.88. The highest BCUT2D eigenvalue weighted by Crippen LogP contribution is 2.19. The number of halogens is 2. The van der Waals surface area contributed by atoms with Crippen molar-refractivity contribution < 1.29 is 4.39 Å². The summed E-state index contributed by atoms with van der Waals surface area (Å²) in [6.07, 6.45) is 2.96. The summed E-state index contributed by atoms with van der Waals surface area (Å²) in [7, 11) is 0. The first-order valence-electron chi connectivity index (χ1n) is 7.71. The van der Waals surface area contributed by atoms with E-state index < -0.39 is 16.9 Å². The van der Waals surface area contributed by atoms with Crippen molar-refractivity contribution >= 4 is 11.6 Å². The number of benzene rings is 2. The summed E-state index contributed by atoms with van der Waals surface area (Å²) in [5.41, 5.74) is 1.47. The molecule has 0 unspecified atom stereocenters. The minimum Gasteiger partial charge on any atom is -0.305 e. The molecule has 2 aromatic carbocycles. The molecule has 1 aromatic heterocycles. The fraction of sp³-hybridized carbons (Fsp3) is 0.158. The van der Waals surface area contributed by atoms with E-state index in [1.807, 2.05) is 26.0 Å². The normalized spacial score (nSPS) is 10.9. The summed E-state index contributed by atoms with van der Waals surface area (Å²) in [4.78, 5) is 24.9. The lowest BCUT2D eigenvalue weighted by molar-refractivity contribution is 0.593. The van der Waals surface area contributed by atoms with E-state index in [1.165, 1.54) is 29.1 Å². The average molecular weight is 359 g/mol. The van der Waals surface area contributed by atoms with Gasteiger partial charge in [-0.15, -0.1) is 0 Å². The van der Waals surface area contributed by atoms with Crippen LogP contribution < -0.4 is 11.1 Å². The predicted octanol–water partition coefficient (Wildman–Crippen LogP) is 3.46. The molecule has 0 aliphatic heterocycles. The molecule has 25 heavy (non-hydrogen) atoms. The highest BCUT2D eigenvalue weighted by Gasteiger charge is 2.12. The van der Waals surface area contributed by atoms with Crippen molar-refractivity contribution in [3.8, 4) is 5.69 Å². The zero-order valence-corrected chi connectivity index (χ0v) is 14.5. The molecule has 0 saturated carbocycles. The Kier molecular flexibility index (Phi) is 4.59. The van der Waals surface area contributed by atoms with Gasteiger partial charge in [0, 0.05) is 28.7 Å². The Balaban J connectivity index is 2.05. The van der Waals surface area contributed by atoms with Gasteiger partial charge in [0.1, 0.15) is 5.82 Å². The van der Waals surface area contributed by atoms with Crippen LogP contribution in [0.1, 0.15) is 16.7 Å². The van der Waals surface area contributed by atoms with Gasteiger partial charge in [-0.25, -0.2) is 4.39 Å². The molecule has 3 rings (SSSR count). The maximum atomic E-state index is 13.9. The summed E-state index contributed by atoms with van der Waals surface area (Å²) in [6, 6.07) is 9.81. The van der Waals surface area contributed by atoms with Gasteiger partial charge in [0.15, 0.2) is 0 Å². The first kappa shape index (κ1) is 17.2. The molecule has 0 N–H and O–H groups in total. The second kappa shape index (κ2) is 6.69. The van der Waals surface area contributed by atoms with Crippen LogP contribution in [-0.4, -0.2) is 9.13 Å². The standard InChI is InChI=1S/C19H16ClFN2O2/c1-12-6-7-14(10-13(12)2)23-9-8-22(18(24)19(23)25)11-15-16(20)4-3-5-17(15)21/h3-10H,11H2,1-2H3. The maximum absolute atomic E-state index is 13.9. The third-order valence-corrected chi connectivity index (χ3v) is 4.57. The Morgan fingerprint density at radius 3 is 2.44 bits per heavy atom. The Morgan fingerprint density at radius 2 is 1.76 bits per heavy atom. The fourth-order valence-corrected chi connectivity index (χ4v) is 2.79. The monoisotopic (exact) mass is 358 g/mol.